The molecule has 3 aromatic rings. The molecule has 0 aliphatic rings. The molecule has 0 radical (unpaired) electrons. The van der Waals surface area contributed by atoms with E-state index in [9.17, 15) is 9.59 Å². The van der Waals surface area contributed by atoms with Gasteiger partial charge in [0.05, 0.1) is 10.7 Å². The lowest BCUT2D eigenvalue weighted by Crippen LogP contribution is -2.20. The Kier molecular flexibility index (Phi) is 6.16. The third-order valence-electron chi connectivity index (χ3n) is 3.85. The van der Waals surface area contributed by atoms with E-state index in [1.807, 2.05) is 60.7 Å². The predicted molar refractivity (Wildman–Crippen MR) is 110 cm³/mol. The molecule has 6 heteroatoms. The van der Waals surface area contributed by atoms with Crippen LogP contribution >= 0.6 is 23.4 Å². The topological polar surface area (TPSA) is 72.2 Å². The van der Waals surface area contributed by atoms with Crippen molar-refractivity contribution in [1.82, 2.24) is 0 Å². The van der Waals surface area contributed by atoms with Crippen molar-refractivity contribution in [3.63, 3.8) is 0 Å². The number of amides is 2. The summed E-state index contributed by atoms with van der Waals surface area (Å²) in [6.07, 6.45) is 0. The van der Waals surface area contributed by atoms with Crippen molar-refractivity contribution in [2.75, 3.05) is 5.32 Å². The van der Waals surface area contributed by atoms with Crippen molar-refractivity contribution in [3.05, 3.63) is 95.0 Å². The van der Waals surface area contributed by atoms with Gasteiger partial charge in [-0.05, 0) is 35.9 Å². The monoisotopic (exact) mass is 396 g/mol. The van der Waals surface area contributed by atoms with Gasteiger partial charge < -0.3 is 11.1 Å². The molecule has 136 valence electrons. The summed E-state index contributed by atoms with van der Waals surface area (Å²) in [5.74, 6) is -0.820. The van der Waals surface area contributed by atoms with Gasteiger partial charge in [0.25, 0.3) is 0 Å². The molecule has 0 saturated heterocycles. The van der Waals surface area contributed by atoms with Gasteiger partial charge in [0.2, 0.25) is 11.8 Å². The number of hydrogen-bond donors (Lipinski definition) is 2. The lowest BCUT2D eigenvalue weighted by atomic mass is 10.1. The molecule has 0 aliphatic heterocycles. The Labute approximate surface area is 166 Å². The van der Waals surface area contributed by atoms with Crippen molar-refractivity contribution < 1.29 is 9.59 Å². The molecule has 27 heavy (non-hydrogen) atoms. The standard InChI is InChI=1S/C21H17ClN2O2S/c22-17-12-11-15(20(23)25)13-18(17)24-21(26)19(14-7-3-1-4-8-14)27-16-9-5-2-6-10-16/h1-13,19H,(H2,23,25)(H,24,26). The second-order valence-corrected chi connectivity index (χ2v) is 7.36. The molecule has 0 aromatic heterocycles. The number of nitrogens with two attached hydrogens (primary N) is 1. The smallest absolute Gasteiger partial charge is 0.248 e. The zero-order valence-electron chi connectivity index (χ0n) is 14.3. The van der Waals surface area contributed by atoms with Crippen LogP contribution in [-0.2, 0) is 4.79 Å². The summed E-state index contributed by atoms with van der Waals surface area (Å²) in [4.78, 5) is 25.4. The van der Waals surface area contributed by atoms with Crippen LogP contribution in [0, 0.1) is 0 Å². The van der Waals surface area contributed by atoms with Crippen LogP contribution in [0.5, 0.6) is 0 Å². The van der Waals surface area contributed by atoms with Crippen LogP contribution in [0.15, 0.2) is 83.8 Å². The zero-order valence-corrected chi connectivity index (χ0v) is 15.8. The Morgan fingerprint density at radius 3 is 2.19 bits per heavy atom. The number of primary amides is 1. The van der Waals surface area contributed by atoms with Crippen LogP contribution in [-0.4, -0.2) is 11.8 Å². The lowest BCUT2D eigenvalue weighted by Gasteiger charge is -2.18. The maximum Gasteiger partial charge on any atom is 0.248 e. The first-order valence-corrected chi connectivity index (χ1v) is 9.47. The van der Waals surface area contributed by atoms with E-state index in [0.29, 0.717) is 10.7 Å². The molecule has 0 spiro atoms. The number of thioether (sulfide) groups is 1. The third-order valence-corrected chi connectivity index (χ3v) is 5.44. The lowest BCUT2D eigenvalue weighted by molar-refractivity contribution is -0.115. The maximum atomic E-state index is 13.0. The molecular weight excluding hydrogens is 380 g/mol. The average molecular weight is 397 g/mol. The van der Waals surface area contributed by atoms with Gasteiger partial charge in [-0.3, -0.25) is 9.59 Å². The van der Waals surface area contributed by atoms with Gasteiger partial charge in [-0.25, -0.2) is 0 Å². The molecule has 3 rings (SSSR count). The molecule has 3 aromatic carbocycles. The summed E-state index contributed by atoms with van der Waals surface area (Å²) in [5, 5.41) is 2.68. The van der Waals surface area contributed by atoms with E-state index in [0.717, 1.165) is 10.5 Å². The molecule has 3 N–H and O–H groups in total. The van der Waals surface area contributed by atoms with E-state index in [-0.39, 0.29) is 11.5 Å². The average Bonchev–Trinajstić information content (AvgIpc) is 2.69. The second-order valence-electron chi connectivity index (χ2n) is 5.77. The van der Waals surface area contributed by atoms with Gasteiger partial charge in [0.1, 0.15) is 5.25 Å². The van der Waals surface area contributed by atoms with E-state index in [2.05, 4.69) is 5.32 Å². The first-order valence-electron chi connectivity index (χ1n) is 8.21. The fraction of sp³-hybridized carbons (Fsp3) is 0.0476. The Hall–Kier alpha value is -2.76. The summed E-state index contributed by atoms with van der Waals surface area (Å²) in [6, 6.07) is 23.7. The van der Waals surface area contributed by atoms with Crippen molar-refractivity contribution >= 4 is 40.9 Å². The number of nitrogens with one attached hydrogen (secondary N) is 1. The Balaban J connectivity index is 1.89. The van der Waals surface area contributed by atoms with Crippen LogP contribution in [0.2, 0.25) is 5.02 Å². The minimum Gasteiger partial charge on any atom is -0.366 e. The van der Waals surface area contributed by atoms with Crippen LogP contribution in [0.25, 0.3) is 0 Å². The molecular formula is C21H17ClN2O2S. The number of rotatable bonds is 6. The summed E-state index contributed by atoms with van der Waals surface area (Å²) in [6.45, 7) is 0. The van der Waals surface area contributed by atoms with Gasteiger partial charge >= 0.3 is 0 Å². The summed E-state index contributed by atoms with van der Waals surface area (Å²) in [7, 11) is 0. The fourth-order valence-corrected chi connectivity index (χ4v) is 3.72. The number of carbonyl (C=O) groups is 2. The minimum atomic E-state index is -0.583. The Bertz CT molecular complexity index is 949. The van der Waals surface area contributed by atoms with Crippen molar-refractivity contribution in [2.24, 2.45) is 5.73 Å². The van der Waals surface area contributed by atoms with Gasteiger partial charge in [0, 0.05) is 10.5 Å². The van der Waals surface area contributed by atoms with Crippen molar-refractivity contribution in [1.29, 1.82) is 0 Å². The zero-order chi connectivity index (χ0) is 19.2. The molecule has 0 saturated carbocycles. The third kappa shape index (κ3) is 4.90. The maximum absolute atomic E-state index is 13.0. The normalized spacial score (nSPS) is 11.6. The predicted octanol–water partition coefficient (Wildman–Crippen LogP) is 4.91. The molecule has 2 amide bonds. The molecule has 1 atom stereocenters. The summed E-state index contributed by atoms with van der Waals surface area (Å²) < 4.78 is 0. The van der Waals surface area contributed by atoms with E-state index < -0.39 is 11.2 Å². The van der Waals surface area contributed by atoms with E-state index in [4.69, 9.17) is 17.3 Å². The Morgan fingerprint density at radius 2 is 1.56 bits per heavy atom. The molecule has 0 heterocycles. The summed E-state index contributed by atoms with van der Waals surface area (Å²) >= 11 is 7.62. The van der Waals surface area contributed by atoms with Gasteiger partial charge in [-0.1, -0.05) is 60.1 Å². The van der Waals surface area contributed by atoms with E-state index in [1.165, 1.54) is 23.9 Å². The second kappa shape index (κ2) is 8.75. The van der Waals surface area contributed by atoms with Crippen LogP contribution in [0.1, 0.15) is 21.2 Å². The number of carbonyl (C=O) groups excluding carboxylic acids is 2. The highest BCUT2D eigenvalue weighted by molar-refractivity contribution is 8.00. The van der Waals surface area contributed by atoms with Crippen molar-refractivity contribution in [2.45, 2.75) is 10.1 Å². The first kappa shape index (κ1) is 19.0. The SMILES string of the molecule is NC(=O)c1ccc(Cl)c(NC(=O)C(Sc2ccccc2)c2ccccc2)c1. The molecule has 0 bridgehead atoms. The van der Waals surface area contributed by atoms with E-state index >= 15 is 0 Å². The highest BCUT2D eigenvalue weighted by atomic mass is 35.5. The quantitative estimate of drug-likeness (QED) is 0.581. The number of benzene rings is 3. The van der Waals surface area contributed by atoms with Gasteiger partial charge in [-0.15, -0.1) is 11.8 Å². The molecule has 4 nitrogen and oxygen atoms in total. The van der Waals surface area contributed by atoms with Gasteiger partial charge in [-0.2, -0.15) is 0 Å². The van der Waals surface area contributed by atoms with Crippen molar-refractivity contribution in [3.8, 4) is 0 Å². The highest BCUT2D eigenvalue weighted by Gasteiger charge is 2.23. The fourth-order valence-electron chi connectivity index (χ4n) is 2.51. The first-order chi connectivity index (χ1) is 13.0. The van der Waals surface area contributed by atoms with Gasteiger partial charge in [0.15, 0.2) is 0 Å². The molecule has 0 aliphatic carbocycles. The Morgan fingerprint density at radius 1 is 0.926 bits per heavy atom. The molecule has 1 unspecified atom stereocenters. The number of halogens is 1. The number of anilines is 1. The van der Waals surface area contributed by atoms with Crippen LogP contribution in [0.3, 0.4) is 0 Å². The largest absolute Gasteiger partial charge is 0.366 e. The van der Waals surface area contributed by atoms with E-state index in [1.54, 1.807) is 6.07 Å². The van der Waals surface area contributed by atoms with Crippen LogP contribution < -0.4 is 11.1 Å². The highest BCUT2D eigenvalue weighted by Crippen LogP contribution is 2.36. The number of hydrogen-bond acceptors (Lipinski definition) is 3. The summed E-state index contributed by atoms with van der Waals surface area (Å²) in [5.41, 5.74) is 6.82. The van der Waals surface area contributed by atoms with Crippen LogP contribution in [0.4, 0.5) is 5.69 Å². The minimum absolute atomic E-state index is 0.237. The molecule has 0 fully saturated rings.